The lowest BCUT2D eigenvalue weighted by Gasteiger charge is -2.29. The number of carbonyl (C=O) groups excluding carboxylic acids is 4. The van der Waals surface area contributed by atoms with Gasteiger partial charge in [0.1, 0.15) is 6.04 Å². The van der Waals surface area contributed by atoms with Crippen molar-refractivity contribution in [2.75, 3.05) is 13.1 Å². The SMILES string of the molecule is O=C1CCC(N2Cc3cc(C(=O)N[C@H]4CCCCNC4)ccc3C2=O)C(=O)N1. The molecule has 2 atom stereocenters. The number of rotatable bonds is 3. The van der Waals surface area contributed by atoms with Crippen molar-refractivity contribution in [3.63, 3.8) is 0 Å². The lowest BCUT2D eigenvalue weighted by molar-refractivity contribution is -0.136. The van der Waals surface area contributed by atoms with Crippen molar-refractivity contribution in [1.29, 1.82) is 0 Å². The van der Waals surface area contributed by atoms with Gasteiger partial charge in [-0.2, -0.15) is 0 Å². The highest BCUT2D eigenvalue weighted by molar-refractivity contribution is 6.06. The van der Waals surface area contributed by atoms with E-state index in [1.807, 2.05) is 0 Å². The molecule has 3 aliphatic rings. The van der Waals surface area contributed by atoms with Gasteiger partial charge in [0.25, 0.3) is 11.8 Å². The van der Waals surface area contributed by atoms with E-state index in [9.17, 15) is 19.2 Å². The minimum atomic E-state index is -0.646. The molecule has 148 valence electrons. The van der Waals surface area contributed by atoms with Gasteiger partial charge in [0.2, 0.25) is 11.8 Å². The molecule has 3 aliphatic heterocycles. The largest absolute Gasteiger partial charge is 0.348 e. The summed E-state index contributed by atoms with van der Waals surface area (Å²) in [5, 5.41) is 8.68. The fraction of sp³-hybridized carbons (Fsp3) is 0.500. The Morgan fingerprint density at radius 3 is 2.82 bits per heavy atom. The molecule has 0 aliphatic carbocycles. The molecule has 1 aromatic carbocycles. The first-order valence-electron chi connectivity index (χ1n) is 9.82. The predicted octanol–water partition coefficient (Wildman–Crippen LogP) is 0.320. The molecule has 0 bridgehead atoms. The fourth-order valence-electron chi connectivity index (χ4n) is 4.13. The van der Waals surface area contributed by atoms with Crippen LogP contribution in [0.25, 0.3) is 0 Å². The molecule has 2 saturated heterocycles. The van der Waals surface area contributed by atoms with Crippen LogP contribution in [-0.2, 0) is 16.1 Å². The molecule has 8 nitrogen and oxygen atoms in total. The highest BCUT2D eigenvalue weighted by atomic mass is 16.2. The quantitative estimate of drug-likeness (QED) is 0.651. The Kier molecular flexibility index (Phi) is 5.13. The van der Waals surface area contributed by atoms with E-state index < -0.39 is 11.9 Å². The average molecular weight is 384 g/mol. The number of amides is 4. The first-order valence-corrected chi connectivity index (χ1v) is 9.82. The number of piperidine rings is 1. The van der Waals surface area contributed by atoms with Gasteiger partial charge in [0, 0.05) is 36.7 Å². The Morgan fingerprint density at radius 2 is 2.00 bits per heavy atom. The molecular weight excluding hydrogens is 360 g/mol. The second kappa shape index (κ2) is 7.71. The molecule has 4 rings (SSSR count). The molecule has 8 heteroatoms. The van der Waals surface area contributed by atoms with Crippen LogP contribution in [0.15, 0.2) is 18.2 Å². The first-order chi connectivity index (χ1) is 13.5. The zero-order valence-electron chi connectivity index (χ0n) is 15.6. The Hall–Kier alpha value is -2.74. The molecule has 0 aromatic heterocycles. The zero-order chi connectivity index (χ0) is 19.7. The fourth-order valence-corrected chi connectivity index (χ4v) is 4.13. The lowest BCUT2D eigenvalue weighted by Crippen LogP contribution is -2.52. The maximum atomic E-state index is 12.7. The van der Waals surface area contributed by atoms with E-state index in [0.29, 0.717) is 17.5 Å². The maximum Gasteiger partial charge on any atom is 0.255 e. The van der Waals surface area contributed by atoms with Crippen molar-refractivity contribution in [3.8, 4) is 0 Å². The Morgan fingerprint density at radius 1 is 1.14 bits per heavy atom. The molecule has 2 fully saturated rings. The van der Waals surface area contributed by atoms with E-state index in [2.05, 4.69) is 16.0 Å². The Labute approximate surface area is 163 Å². The molecule has 0 radical (unpaired) electrons. The second-order valence-corrected chi connectivity index (χ2v) is 7.64. The summed E-state index contributed by atoms with van der Waals surface area (Å²) in [4.78, 5) is 50.3. The van der Waals surface area contributed by atoms with Gasteiger partial charge in [0.05, 0.1) is 0 Å². The summed E-state index contributed by atoms with van der Waals surface area (Å²) in [6.45, 7) is 2.01. The predicted molar refractivity (Wildman–Crippen MR) is 100 cm³/mol. The van der Waals surface area contributed by atoms with Crippen LogP contribution in [-0.4, -0.2) is 53.7 Å². The zero-order valence-corrected chi connectivity index (χ0v) is 15.6. The van der Waals surface area contributed by atoms with Crippen LogP contribution in [0, 0.1) is 0 Å². The van der Waals surface area contributed by atoms with E-state index in [4.69, 9.17) is 0 Å². The minimum Gasteiger partial charge on any atom is -0.348 e. The van der Waals surface area contributed by atoms with Crippen LogP contribution in [0.5, 0.6) is 0 Å². The average Bonchev–Trinajstić information content (AvgIpc) is 2.83. The first kappa shape index (κ1) is 18.6. The summed E-state index contributed by atoms with van der Waals surface area (Å²) in [5.74, 6) is -1.12. The van der Waals surface area contributed by atoms with Crippen molar-refractivity contribution in [1.82, 2.24) is 20.9 Å². The molecule has 1 unspecified atom stereocenters. The van der Waals surface area contributed by atoms with Crippen LogP contribution >= 0.6 is 0 Å². The van der Waals surface area contributed by atoms with Crippen LogP contribution in [0.2, 0.25) is 0 Å². The topological polar surface area (TPSA) is 108 Å². The van der Waals surface area contributed by atoms with Crippen LogP contribution in [0.4, 0.5) is 0 Å². The van der Waals surface area contributed by atoms with Gasteiger partial charge < -0.3 is 15.5 Å². The van der Waals surface area contributed by atoms with Crippen LogP contribution in [0.1, 0.15) is 58.4 Å². The standard InChI is InChI=1S/C20H24N4O4/c25-17-7-6-16(19(27)23-17)24-11-13-9-12(4-5-15(13)20(24)28)18(26)22-14-3-1-2-8-21-10-14/h4-5,9,14,16,21H,1-3,6-8,10-11H2,(H,22,26)(H,23,25,27)/t14-,16?/m0/s1. The van der Waals surface area contributed by atoms with Gasteiger partial charge in [-0.05, 0) is 49.6 Å². The molecule has 28 heavy (non-hydrogen) atoms. The number of hydrogen-bond donors (Lipinski definition) is 3. The summed E-state index contributed by atoms with van der Waals surface area (Å²) < 4.78 is 0. The van der Waals surface area contributed by atoms with Crippen LogP contribution < -0.4 is 16.0 Å². The smallest absolute Gasteiger partial charge is 0.255 e. The van der Waals surface area contributed by atoms with E-state index in [1.54, 1.807) is 18.2 Å². The summed E-state index contributed by atoms with van der Waals surface area (Å²) in [5.41, 5.74) is 1.76. The number of carbonyl (C=O) groups is 4. The molecule has 3 heterocycles. The van der Waals surface area contributed by atoms with Gasteiger partial charge in [-0.25, -0.2) is 0 Å². The molecule has 0 spiro atoms. The number of nitrogens with zero attached hydrogens (tertiary/aromatic N) is 1. The monoisotopic (exact) mass is 384 g/mol. The van der Waals surface area contributed by atoms with Crippen molar-refractivity contribution < 1.29 is 19.2 Å². The number of imide groups is 1. The van der Waals surface area contributed by atoms with Crippen LogP contribution in [0.3, 0.4) is 0 Å². The Bertz CT molecular complexity index is 829. The molecular formula is C20H24N4O4. The van der Waals surface area contributed by atoms with E-state index in [1.165, 1.54) is 4.90 Å². The van der Waals surface area contributed by atoms with Gasteiger partial charge in [0.15, 0.2) is 0 Å². The third-order valence-corrected chi connectivity index (χ3v) is 5.67. The van der Waals surface area contributed by atoms with E-state index >= 15 is 0 Å². The summed E-state index contributed by atoms with van der Waals surface area (Å²) >= 11 is 0. The number of nitrogens with one attached hydrogen (secondary N) is 3. The van der Waals surface area contributed by atoms with Crippen molar-refractivity contribution >= 4 is 23.6 Å². The van der Waals surface area contributed by atoms with Gasteiger partial charge in [-0.3, -0.25) is 24.5 Å². The van der Waals surface area contributed by atoms with E-state index in [-0.39, 0.29) is 36.7 Å². The molecule has 0 saturated carbocycles. The second-order valence-electron chi connectivity index (χ2n) is 7.64. The van der Waals surface area contributed by atoms with Gasteiger partial charge in [-0.1, -0.05) is 6.42 Å². The number of hydrogen-bond acceptors (Lipinski definition) is 5. The third kappa shape index (κ3) is 3.64. The molecule has 4 amide bonds. The van der Waals surface area contributed by atoms with Gasteiger partial charge >= 0.3 is 0 Å². The number of fused-ring (bicyclic) bond motifs is 1. The normalized spacial score (nSPS) is 25.1. The minimum absolute atomic E-state index is 0.102. The highest BCUT2D eigenvalue weighted by Gasteiger charge is 2.39. The Balaban J connectivity index is 1.46. The summed E-state index contributed by atoms with van der Waals surface area (Å²) in [7, 11) is 0. The van der Waals surface area contributed by atoms with Crippen molar-refractivity contribution in [2.24, 2.45) is 0 Å². The van der Waals surface area contributed by atoms with Crippen molar-refractivity contribution in [2.45, 2.75) is 50.7 Å². The summed E-state index contributed by atoms with van der Waals surface area (Å²) in [6, 6.07) is 4.50. The maximum absolute atomic E-state index is 12.7. The number of benzene rings is 1. The summed E-state index contributed by atoms with van der Waals surface area (Å²) in [6.07, 6.45) is 3.69. The lowest BCUT2D eigenvalue weighted by atomic mass is 10.0. The van der Waals surface area contributed by atoms with Crippen molar-refractivity contribution in [3.05, 3.63) is 34.9 Å². The van der Waals surface area contributed by atoms with E-state index in [0.717, 1.165) is 37.9 Å². The molecule has 3 N–H and O–H groups in total. The van der Waals surface area contributed by atoms with Gasteiger partial charge in [-0.15, -0.1) is 0 Å². The third-order valence-electron chi connectivity index (χ3n) is 5.67. The molecule has 1 aromatic rings. The highest BCUT2D eigenvalue weighted by Crippen LogP contribution is 2.28.